The number of nitrogens with zero attached hydrogens (tertiary/aromatic N) is 4. The largest absolute Gasteiger partial charge is 0.469 e. The van der Waals surface area contributed by atoms with E-state index in [4.69, 9.17) is 0 Å². The van der Waals surface area contributed by atoms with Crippen LogP contribution in [0.15, 0.2) is 29.4 Å². The number of ether oxygens (including phenoxy) is 1. The number of thioether (sulfide) groups is 1. The Kier molecular flexibility index (Phi) is 5.30. The van der Waals surface area contributed by atoms with Gasteiger partial charge in [0.05, 0.1) is 19.3 Å². The summed E-state index contributed by atoms with van der Waals surface area (Å²) in [6, 6.07) is 6.82. The second-order valence-electron chi connectivity index (χ2n) is 6.43. The fourth-order valence-corrected chi connectivity index (χ4v) is 3.91. The van der Waals surface area contributed by atoms with Crippen LogP contribution in [0.5, 0.6) is 0 Å². The van der Waals surface area contributed by atoms with E-state index in [1.807, 2.05) is 24.3 Å². The molecule has 2 aromatic heterocycles. The summed E-state index contributed by atoms with van der Waals surface area (Å²) in [5.74, 6) is -1.16. The van der Waals surface area contributed by atoms with Crippen molar-refractivity contribution in [3.63, 3.8) is 0 Å². The molecule has 1 aromatic carbocycles. The first-order valence-corrected chi connectivity index (χ1v) is 9.93. The number of esters is 1. The molecule has 2 amide bonds. The number of amides is 2. The number of fused-ring (bicyclic) bond motifs is 3. The van der Waals surface area contributed by atoms with Crippen LogP contribution < -0.4 is 5.32 Å². The Morgan fingerprint density at radius 1 is 1.31 bits per heavy atom. The second-order valence-corrected chi connectivity index (χ2v) is 7.37. The van der Waals surface area contributed by atoms with Crippen LogP contribution >= 0.6 is 11.8 Å². The van der Waals surface area contributed by atoms with E-state index in [0.29, 0.717) is 29.4 Å². The lowest BCUT2D eigenvalue weighted by atomic mass is 10.1. The van der Waals surface area contributed by atoms with Gasteiger partial charge in [-0.15, -0.1) is 10.2 Å². The van der Waals surface area contributed by atoms with E-state index in [1.165, 1.54) is 12.0 Å². The number of para-hydroxylation sites is 1. The number of benzene rings is 1. The van der Waals surface area contributed by atoms with E-state index < -0.39 is 12.0 Å². The highest BCUT2D eigenvalue weighted by atomic mass is 32.2. The van der Waals surface area contributed by atoms with Crippen molar-refractivity contribution in [2.24, 2.45) is 0 Å². The van der Waals surface area contributed by atoms with Gasteiger partial charge >= 0.3 is 5.97 Å². The molecule has 1 saturated heterocycles. The lowest BCUT2D eigenvalue weighted by molar-refractivity contribution is -0.149. The lowest BCUT2D eigenvalue weighted by Gasteiger charge is -2.34. The van der Waals surface area contributed by atoms with E-state index >= 15 is 0 Å². The minimum absolute atomic E-state index is 0.0262. The summed E-state index contributed by atoms with van der Waals surface area (Å²) in [6.45, 7) is 0.666. The predicted octanol–water partition coefficient (Wildman–Crippen LogP) is 0.488. The number of H-pyrrole nitrogens is 1. The van der Waals surface area contributed by atoms with Gasteiger partial charge in [-0.25, -0.2) is 4.98 Å². The van der Waals surface area contributed by atoms with Gasteiger partial charge in [0.25, 0.3) is 0 Å². The monoisotopic (exact) mass is 414 g/mol. The van der Waals surface area contributed by atoms with Gasteiger partial charge in [0.15, 0.2) is 5.65 Å². The zero-order chi connectivity index (χ0) is 20.4. The number of hydrogen-bond acceptors (Lipinski definition) is 8. The molecule has 0 saturated carbocycles. The maximum Gasteiger partial charge on any atom is 0.308 e. The Balaban J connectivity index is 1.47. The average molecular weight is 414 g/mol. The number of carbonyl (C=O) groups excluding carboxylic acids is 3. The Bertz CT molecular complexity index is 1100. The van der Waals surface area contributed by atoms with E-state index in [1.54, 1.807) is 0 Å². The molecule has 150 valence electrons. The van der Waals surface area contributed by atoms with Crippen molar-refractivity contribution in [1.82, 2.24) is 30.4 Å². The number of rotatable bonds is 5. The Morgan fingerprint density at radius 3 is 2.97 bits per heavy atom. The van der Waals surface area contributed by atoms with Crippen LogP contribution in [0.3, 0.4) is 0 Å². The van der Waals surface area contributed by atoms with Gasteiger partial charge in [-0.1, -0.05) is 30.0 Å². The third-order valence-corrected chi connectivity index (χ3v) is 5.49. The van der Waals surface area contributed by atoms with Crippen molar-refractivity contribution in [1.29, 1.82) is 0 Å². The van der Waals surface area contributed by atoms with Crippen molar-refractivity contribution in [3.05, 3.63) is 24.3 Å². The van der Waals surface area contributed by atoms with Crippen LogP contribution in [0.25, 0.3) is 22.1 Å². The van der Waals surface area contributed by atoms with Gasteiger partial charge in [-0.3, -0.25) is 14.4 Å². The maximum absolute atomic E-state index is 12.7. The lowest BCUT2D eigenvalue weighted by Crippen LogP contribution is -2.58. The first kappa shape index (κ1) is 19.1. The van der Waals surface area contributed by atoms with Crippen molar-refractivity contribution in [3.8, 4) is 0 Å². The van der Waals surface area contributed by atoms with Crippen LogP contribution in [0.4, 0.5) is 0 Å². The molecule has 4 rings (SSSR count). The fraction of sp³-hybridized carbons (Fsp3) is 0.333. The Hall–Kier alpha value is -3.21. The van der Waals surface area contributed by atoms with Crippen LogP contribution in [0.2, 0.25) is 0 Å². The van der Waals surface area contributed by atoms with Crippen molar-refractivity contribution in [2.45, 2.75) is 17.6 Å². The first-order valence-electron chi connectivity index (χ1n) is 8.94. The quantitative estimate of drug-likeness (QED) is 0.456. The highest BCUT2D eigenvalue weighted by Crippen LogP contribution is 2.23. The molecule has 0 aliphatic carbocycles. The molecule has 3 aromatic rings. The molecule has 0 unspecified atom stereocenters. The van der Waals surface area contributed by atoms with E-state index in [-0.39, 0.29) is 24.0 Å². The minimum Gasteiger partial charge on any atom is -0.469 e. The maximum atomic E-state index is 12.7. The highest BCUT2D eigenvalue weighted by molar-refractivity contribution is 7.99. The SMILES string of the molecule is COC(=O)C[C@H]1C(=O)NCCN1C(=O)CSc1nnc2c(n1)[nH]c1ccccc12. The summed E-state index contributed by atoms with van der Waals surface area (Å²) in [6.07, 6.45) is -0.183. The number of nitrogens with one attached hydrogen (secondary N) is 2. The van der Waals surface area contributed by atoms with Crippen molar-refractivity contribution < 1.29 is 19.1 Å². The number of carbonyl (C=O) groups is 3. The second kappa shape index (κ2) is 8.03. The molecule has 1 atom stereocenters. The van der Waals surface area contributed by atoms with Gasteiger partial charge in [0, 0.05) is 24.0 Å². The molecule has 10 nitrogen and oxygen atoms in total. The van der Waals surface area contributed by atoms with E-state index in [2.05, 4.69) is 30.2 Å². The predicted molar refractivity (Wildman–Crippen MR) is 105 cm³/mol. The van der Waals surface area contributed by atoms with Crippen LogP contribution in [0, 0.1) is 0 Å². The van der Waals surface area contributed by atoms with Crippen LogP contribution in [-0.4, -0.2) is 74.8 Å². The topological polar surface area (TPSA) is 130 Å². The number of aromatic amines is 1. The van der Waals surface area contributed by atoms with Gasteiger partial charge in [0.2, 0.25) is 17.0 Å². The summed E-state index contributed by atoms with van der Waals surface area (Å²) in [4.78, 5) is 45.4. The van der Waals surface area contributed by atoms with Crippen LogP contribution in [0.1, 0.15) is 6.42 Å². The molecule has 0 bridgehead atoms. The Labute approximate surface area is 169 Å². The smallest absolute Gasteiger partial charge is 0.308 e. The Morgan fingerprint density at radius 2 is 2.14 bits per heavy atom. The molecule has 1 aliphatic rings. The molecule has 11 heteroatoms. The molecular formula is C18H18N6O4S. The van der Waals surface area contributed by atoms with E-state index in [9.17, 15) is 14.4 Å². The minimum atomic E-state index is -0.875. The molecular weight excluding hydrogens is 396 g/mol. The van der Waals surface area contributed by atoms with Gasteiger partial charge < -0.3 is 19.9 Å². The first-order chi connectivity index (χ1) is 14.1. The molecule has 1 fully saturated rings. The van der Waals surface area contributed by atoms with Crippen molar-refractivity contribution >= 4 is 51.6 Å². The zero-order valence-electron chi connectivity index (χ0n) is 15.5. The summed E-state index contributed by atoms with van der Waals surface area (Å²) in [7, 11) is 1.25. The number of hydrogen-bond donors (Lipinski definition) is 2. The van der Waals surface area contributed by atoms with Gasteiger partial charge in [-0.2, -0.15) is 0 Å². The third kappa shape index (κ3) is 3.86. The summed E-state index contributed by atoms with van der Waals surface area (Å²) >= 11 is 1.13. The van der Waals surface area contributed by atoms with Gasteiger partial charge in [-0.05, 0) is 6.07 Å². The zero-order valence-corrected chi connectivity index (χ0v) is 16.4. The molecule has 29 heavy (non-hydrogen) atoms. The molecule has 0 radical (unpaired) electrons. The number of piperazine rings is 1. The molecule has 1 aliphatic heterocycles. The summed E-state index contributed by atoms with van der Waals surface area (Å²) in [5, 5.41) is 12.3. The standard InChI is InChI=1S/C18H18N6O4S/c1-28-14(26)8-12-17(27)19-6-7-24(12)13(25)9-29-18-21-16-15(22-23-18)10-4-2-3-5-11(10)20-16/h2-5,12H,6-9H2,1H3,(H,19,27)(H,20,21,23)/t12-/m0/s1. The summed E-state index contributed by atoms with van der Waals surface area (Å²) < 4.78 is 4.63. The average Bonchev–Trinajstić information content (AvgIpc) is 3.11. The summed E-state index contributed by atoms with van der Waals surface area (Å²) in [5.41, 5.74) is 2.17. The molecule has 2 N–H and O–H groups in total. The van der Waals surface area contributed by atoms with E-state index in [0.717, 1.165) is 22.7 Å². The highest BCUT2D eigenvalue weighted by Gasteiger charge is 2.34. The molecule has 0 spiro atoms. The number of aromatic nitrogens is 4. The fourth-order valence-electron chi connectivity index (χ4n) is 3.23. The number of methoxy groups -OCH3 is 1. The molecule has 3 heterocycles. The van der Waals surface area contributed by atoms with Crippen LogP contribution in [-0.2, 0) is 19.1 Å². The van der Waals surface area contributed by atoms with Gasteiger partial charge in [0.1, 0.15) is 11.6 Å². The normalized spacial score (nSPS) is 16.8. The van der Waals surface area contributed by atoms with Crippen molar-refractivity contribution in [2.75, 3.05) is 26.0 Å². The third-order valence-electron chi connectivity index (χ3n) is 4.67.